The summed E-state index contributed by atoms with van der Waals surface area (Å²) in [6, 6.07) is 4.90. The quantitative estimate of drug-likeness (QED) is 0.902. The number of hydrogen-bond donors (Lipinski definition) is 1. The van der Waals surface area contributed by atoms with E-state index in [9.17, 15) is 9.59 Å². The van der Waals surface area contributed by atoms with Crippen molar-refractivity contribution in [1.82, 2.24) is 5.32 Å². The van der Waals surface area contributed by atoms with Crippen molar-refractivity contribution in [2.75, 3.05) is 18.6 Å². The van der Waals surface area contributed by atoms with E-state index in [1.165, 1.54) is 4.90 Å². The number of piperazine rings is 1. The van der Waals surface area contributed by atoms with Gasteiger partial charge in [-0.25, -0.2) is 0 Å². The van der Waals surface area contributed by atoms with Gasteiger partial charge in [0.25, 0.3) is 0 Å². The third-order valence-electron chi connectivity index (χ3n) is 3.35. The SMILES string of the molecule is COc1ccc(Br)c(N2CC(=O)NC(CC(C)C)C2=O)c1. The highest BCUT2D eigenvalue weighted by atomic mass is 79.9. The second-order valence-electron chi connectivity index (χ2n) is 5.49. The maximum atomic E-state index is 12.6. The van der Waals surface area contributed by atoms with E-state index in [-0.39, 0.29) is 18.4 Å². The second-order valence-corrected chi connectivity index (χ2v) is 6.35. The molecule has 1 aliphatic heterocycles. The van der Waals surface area contributed by atoms with E-state index in [1.807, 2.05) is 19.9 Å². The maximum Gasteiger partial charge on any atom is 0.250 e. The van der Waals surface area contributed by atoms with Crippen LogP contribution < -0.4 is 15.0 Å². The molecule has 1 heterocycles. The summed E-state index contributed by atoms with van der Waals surface area (Å²) in [5, 5.41) is 2.77. The summed E-state index contributed by atoms with van der Waals surface area (Å²) in [5.74, 6) is 0.743. The Balaban J connectivity index is 2.33. The number of carbonyl (C=O) groups excluding carboxylic acids is 2. The summed E-state index contributed by atoms with van der Waals surface area (Å²) < 4.78 is 5.95. The molecule has 1 atom stereocenters. The molecule has 0 spiro atoms. The molecule has 5 nitrogen and oxygen atoms in total. The van der Waals surface area contributed by atoms with Gasteiger partial charge < -0.3 is 10.1 Å². The highest BCUT2D eigenvalue weighted by molar-refractivity contribution is 9.10. The fraction of sp³-hybridized carbons (Fsp3) is 0.467. The smallest absolute Gasteiger partial charge is 0.250 e. The minimum atomic E-state index is -0.468. The van der Waals surface area contributed by atoms with E-state index >= 15 is 0 Å². The largest absolute Gasteiger partial charge is 0.497 e. The zero-order chi connectivity index (χ0) is 15.6. The molecule has 2 amide bonds. The highest BCUT2D eigenvalue weighted by Crippen LogP contribution is 2.32. The van der Waals surface area contributed by atoms with Gasteiger partial charge in [0.15, 0.2) is 0 Å². The Kier molecular flexibility index (Phi) is 4.88. The van der Waals surface area contributed by atoms with Gasteiger partial charge in [0.05, 0.1) is 12.8 Å². The van der Waals surface area contributed by atoms with Crippen molar-refractivity contribution in [3.05, 3.63) is 22.7 Å². The van der Waals surface area contributed by atoms with Gasteiger partial charge in [0, 0.05) is 10.5 Å². The number of hydrogen-bond acceptors (Lipinski definition) is 3. The number of nitrogens with one attached hydrogen (secondary N) is 1. The zero-order valence-electron chi connectivity index (χ0n) is 12.4. The van der Waals surface area contributed by atoms with Gasteiger partial charge in [-0.15, -0.1) is 0 Å². The molecule has 114 valence electrons. The Bertz CT molecular complexity index is 560. The summed E-state index contributed by atoms with van der Waals surface area (Å²) in [6.45, 7) is 4.08. The number of halogens is 1. The molecular weight excluding hydrogens is 336 g/mol. The topological polar surface area (TPSA) is 58.6 Å². The average Bonchev–Trinajstić information content (AvgIpc) is 2.42. The summed E-state index contributed by atoms with van der Waals surface area (Å²) in [4.78, 5) is 26.0. The first kappa shape index (κ1) is 15.8. The summed E-state index contributed by atoms with van der Waals surface area (Å²) in [6.07, 6.45) is 0.628. The van der Waals surface area contributed by atoms with Gasteiger partial charge >= 0.3 is 0 Å². The number of benzene rings is 1. The minimum Gasteiger partial charge on any atom is -0.497 e. The molecule has 1 N–H and O–H groups in total. The second kappa shape index (κ2) is 6.47. The van der Waals surface area contributed by atoms with Crippen molar-refractivity contribution in [2.24, 2.45) is 5.92 Å². The van der Waals surface area contributed by atoms with Gasteiger partial charge in [-0.3, -0.25) is 14.5 Å². The maximum absolute atomic E-state index is 12.6. The van der Waals surface area contributed by atoms with Crippen LogP contribution >= 0.6 is 15.9 Å². The summed E-state index contributed by atoms with van der Waals surface area (Å²) >= 11 is 3.43. The third-order valence-corrected chi connectivity index (χ3v) is 4.02. The van der Waals surface area contributed by atoms with Crippen LogP contribution in [0.2, 0.25) is 0 Å². The standard InChI is InChI=1S/C15H19BrN2O3/c1-9(2)6-12-15(20)18(8-14(19)17-12)13-7-10(21-3)4-5-11(13)16/h4-5,7,9,12H,6,8H2,1-3H3,(H,17,19). The minimum absolute atomic E-state index is 0.0270. The van der Waals surface area contributed by atoms with Gasteiger partial charge in [-0.1, -0.05) is 13.8 Å². The Hall–Kier alpha value is -1.56. The first-order valence-electron chi connectivity index (χ1n) is 6.86. The molecule has 0 aliphatic carbocycles. The fourth-order valence-corrected chi connectivity index (χ4v) is 2.83. The molecule has 1 aliphatic rings. The molecule has 1 fully saturated rings. The number of methoxy groups -OCH3 is 1. The highest BCUT2D eigenvalue weighted by Gasteiger charge is 2.34. The average molecular weight is 355 g/mol. The molecule has 2 rings (SSSR count). The molecule has 0 bridgehead atoms. The van der Waals surface area contributed by atoms with Crippen LogP contribution in [0.15, 0.2) is 22.7 Å². The predicted octanol–water partition coefficient (Wildman–Crippen LogP) is 2.34. The number of rotatable bonds is 4. The fourth-order valence-electron chi connectivity index (χ4n) is 2.37. The lowest BCUT2D eigenvalue weighted by Gasteiger charge is -2.33. The van der Waals surface area contributed by atoms with Crippen LogP contribution in [0.3, 0.4) is 0 Å². The van der Waals surface area contributed by atoms with Crippen molar-refractivity contribution >= 4 is 33.4 Å². The lowest BCUT2D eigenvalue weighted by Crippen LogP contribution is -2.58. The van der Waals surface area contributed by atoms with Gasteiger partial charge in [-0.05, 0) is 40.4 Å². The molecule has 21 heavy (non-hydrogen) atoms. The van der Waals surface area contributed by atoms with Crippen LogP contribution in [0.25, 0.3) is 0 Å². The Morgan fingerprint density at radius 2 is 2.14 bits per heavy atom. The van der Waals surface area contributed by atoms with Gasteiger partial charge in [0.1, 0.15) is 18.3 Å². The Morgan fingerprint density at radius 1 is 1.43 bits per heavy atom. The Morgan fingerprint density at radius 3 is 2.76 bits per heavy atom. The van der Waals surface area contributed by atoms with Gasteiger partial charge in [-0.2, -0.15) is 0 Å². The predicted molar refractivity (Wildman–Crippen MR) is 84.4 cm³/mol. The van der Waals surface area contributed by atoms with E-state index in [0.717, 1.165) is 4.47 Å². The molecule has 1 saturated heterocycles. The molecule has 0 saturated carbocycles. The molecule has 1 aromatic carbocycles. The van der Waals surface area contributed by atoms with Crippen molar-refractivity contribution < 1.29 is 14.3 Å². The molecule has 0 radical (unpaired) electrons. The number of anilines is 1. The molecular formula is C15H19BrN2O3. The molecule has 1 aromatic rings. The van der Waals surface area contributed by atoms with E-state index in [1.54, 1.807) is 19.2 Å². The summed E-state index contributed by atoms with van der Waals surface area (Å²) in [7, 11) is 1.57. The van der Waals surface area contributed by atoms with E-state index in [0.29, 0.717) is 23.8 Å². The molecule has 1 unspecified atom stereocenters. The van der Waals surface area contributed by atoms with Crippen LogP contribution in [0.5, 0.6) is 5.75 Å². The normalized spacial score (nSPS) is 18.9. The number of nitrogens with zero attached hydrogens (tertiary/aromatic N) is 1. The zero-order valence-corrected chi connectivity index (χ0v) is 13.9. The Labute approximate surface area is 132 Å². The van der Waals surface area contributed by atoms with E-state index < -0.39 is 6.04 Å². The monoisotopic (exact) mass is 354 g/mol. The van der Waals surface area contributed by atoms with Gasteiger partial charge in [0.2, 0.25) is 11.8 Å². The van der Waals surface area contributed by atoms with Crippen molar-refractivity contribution in [1.29, 1.82) is 0 Å². The lowest BCUT2D eigenvalue weighted by atomic mass is 10.0. The number of amides is 2. The van der Waals surface area contributed by atoms with Crippen LogP contribution in [0, 0.1) is 5.92 Å². The van der Waals surface area contributed by atoms with Crippen LogP contribution in [-0.4, -0.2) is 31.5 Å². The first-order chi connectivity index (χ1) is 9.92. The van der Waals surface area contributed by atoms with E-state index in [2.05, 4.69) is 21.2 Å². The summed E-state index contributed by atoms with van der Waals surface area (Å²) in [5.41, 5.74) is 0.656. The molecule has 6 heteroatoms. The first-order valence-corrected chi connectivity index (χ1v) is 7.66. The number of ether oxygens (including phenoxy) is 1. The van der Waals surface area contributed by atoms with Crippen molar-refractivity contribution in [3.8, 4) is 5.75 Å². The van der Waals surface area contributed by atoms with Crippen LogP contribution in [0.1, 0.15) is 20.3 Å². The molecule has 0 aromatic heterocycles. The van der Waals surface area contributed by atoms with E-state index in [4.69, 9.17) is 4.74 Å². The van der Waals surface area contributed by atoms with Crippen molar-refractivity contribution in [2.45, 2.75) is 26.3 Å². The van der Waals surface area contributed by atoms with Crippen LogP contribution in [0.4, 0.5) is 5.69 Å². The number of carbonyl (C=O) groups is 2. The van der Waals surface area contributed by atoms with Crippen LogP contribution in [-0.2, 0) is 9.59 Å². The lowest BCUT2D eigenvalue weighted by molar-refractivity contribution is -0.131. The van der Waals surface area contributed by atoms with Crippen molar-refractivity contribution in [3.63, 3.8) is 0 Å². The third kappa shape index (κ3) is 3.56.